The smallest absolute Gasteiger partial charge is 0.257 e. The Morgan fingerprint density at radius 1 is 1.16 bits per heavy atom. The number of nitrogens with one attached hydrogen (secondary N) is 3. The maximum Gasteiger partial charge on any atom is 0.257 e. The van der Waals surface area contributed by atoms with Gasteiger partial charge in [0.05, 0.1) is 11.5 Å². The number of aromatic amines is 1. The largest absolute Gasteiger partial charge is 0.326 e. The summed E-state index contributed by atoms with van der Waals surface area (Å²) in [6.07, 6.45) is -0.142. The van der Waals surface area contributed by atoms with Gasteiger partial charge in [0.2, 0.25) is 11.8 Å². The lowest BCUT2D eigenvalue weighted by Gasteiger charge is -2.23. The molecular weight excluding hydrogens is 431 g/mol. The first-order valence-electron chi connectivity index (χ1n) is 9.99. The molecule has 0 unspecified atom stereocenters. The first-order chi connectivity index (χ1) is 15.3. The number of benzene rings is 2. The molecule has 3 aromatic rings. The number of amides is 2. The van der Waals surface area contributed by atoms with E-state index >= 15 is 0 Å². The molecule has 2 amide bonds. The Morgan fingerprint density at radius 3 is 2.53 bits per heavy atom. The third-order valence-corrected chi connectivity index (χ3v) is 5.97. The van der Waals surface area contributed by atoms with Crippen LogP contribution in [0.2, 0.25) is 0 Å². The van der Waals surface area contributed by atoms with Crippen molar-refractivity contribution in [2.75, 3.05) is 10.6 Å². The molecule has 1 aromatic heterocycles. The number of rotatable bonds is 5. The molecule has 0 aliphatic carbocycles. The molecule has 0 radical (unpaired) electrons. The Morgan fingerprint density at radius 2 is 1.84 bits per heavy atom. The van der Waals surface area contributed by atoms with Crippen LogP contribution in [0.1, 0.15) is 34.6 Å². The molecule has 2 aromatic carbocycles. The minimum absolute atomic E-state index is 0.0900. The highest BCUT2D eigenvalue weighted by Gasteiger charge is 2.34. The first kappa shape index (κ1) is 21.8. The second kappa shape index (κ2) is 8.96. The molecular formula is C23H21FN4O3S. The quantitative estimate of drug-likeness (QED) is 0.403. The summed E-state index contributed by atoms with van der Waals surface area (Å²) in [6, 6.07) is 11.6. The monoisotopic (exact) mass is 452 g/mol. The number of carbonyl (C=O) groups is 2. The number of aromatic nitrogens is 2. The van der Waals surface area contributed by atoms with E-state index in [1.54, 1.807) is 12.1 Å². The molecule has 2 heterocycles. The molecule has 0 saturated carbocycles. The van der Waals surface area contributed by atoms with Crippen LogP contribution >= 0.6 is 11.8 Å². The predicted octanol–water partition coefficient (Wildman–Crippen LogP) is 3.88. The van der Waals surface area contributed by atoms with Gasteiger partial charge in [-0.25, -0.2) is 9.37 Å². The molecule has 0 spiro atoms. The highest BCUT2D eigenvalue weighted by Crippen LogP contribution is 2.31. The summed E-state index contributed by atoms with van der Waals surface area (Å²) in [7, 11) is 0. The van der Waals surface area contributed by atoms with Crippen molar-refractivity contribution in [1.29, 1.82) is 0 Å². The van der Waals surface area contributed by atoms with Gasteiger partial charge in [-0.1, -0.05) is 30.0 Å². The number of anilines is 2. The normalized spacial score (nSPS) is 15.1. The van der Waals surface area contributed by atoms with Crippen LogP contribution in [0.15, 0.2) is 52.4 Å². The number of thioether (sulfide) groups is 1. The van der Waals surface area contributed by atoms with Gasteiger partial charge < -0.3 is 15.6 Å². The SMILES string of the molecule is Cc1cc(C)cc(NC(=O)[C@H]2CC(=O)Nc3nc(SCc4ccc(F)cc4)[nH]c(=O)c32)c1. The fraction of sp³-hybridized carbons (Fsp3) is 0.217. The van der Waals surface area contributed by atoms with Crippen molar-refractivity contribution in [3.63, 3.8) is 0 Å². The number of aryl methyl sites for hydroxylation is 2. The van der Waals surface area contributed by atoms with E-state index < -0.39 is 17.4 Å². The Labute approximate surface area is 187 Å². The van der Waals surface area contributed by atoms with Crippen LogP contribution < -0.4 is 16.2 Å². The molecule has 32 heavy (non-hydrogen) atoms. The number of H-pyrrole nitrogens is 1. The second-order valence-corrected chi connectivity index (χ2v) is 8.68. The number of carbonyl (C=O) groups excluding carboxylic acids is 2. The lowest BCUT2D eigenvalue weighted by Crippen LogP contribution is -2.36. The Kier molecular flexibility index (Phi) is 6.09. The van der Waals surface area contributed by atoms with Crippen LogP contribution in [-0.2, 0) is 15.3 Å². The van der Waals surface area contributed by atoms with E-state index in [0.717, 1.165) is 16.7 Å². The van der Waals surface area contributed by atoms with Crippen molar-refractivity contribution in [2.24, 2.45) is 0 Å². The Bertz CT molecular complexity index is 1240. The number of fused-ring (bicyclic) bond motifs is 1. The maximum atomic E-state index is 13.1. The molecule has 3 N–H and O–H groups in total. The highest BCUT2D eigenvalue weighted by atomic mass is 32.2. The van der Waals surface area contributed by atoms with Gasteiger partial charge >= 0.3 is 0 Å². The summed E-state index contributed by atoms with van der Waals surface area (Å²) >= 11 is 1.24. The average molecular weight is 453 g/mol. The van der Waals surface area contributed by atoms with Gasteiger partial charge in [0, 0.05) is 17.9 Å². The molecule has 1 aliphatic rings. The van der Waals surface area contributed by atoms with Crippen LogP contribution in [0.4, 0.5) is 15.9 Å². The van der Waals surface area contributed by atoms with Crippen LogP contribution in [0, 0.1) is 19.7 Å². The zero-order chi connectivity index (χ0) is 22.8. The van der Waals surface area contributed by atoms with Crippen LogP contribution in [0.3, 0.4) is 0 Å². The summed E-state index contributed by atoms with van der Waals surface area (Å²) in [5, 5.41) is 5.71. The molecule has 164 valence electrons. The molecule has 9 heteroatoms. The standard InChI is InChI=1S/C23H21FN4O3S/c1-12-7-13(2)9-16(8-12)25-21(30)17-10-18(29)26-20-19(17)22(31)28-23(27-20)32-11-14-3-5-15(24)6-4-14/h3-9,17H,10-11H2,1-2H3,(H,25,30)(H2,26,27,28,29,31)/t17-/m0/s1. The number of nitrogens with zero attached hydrogens (tertiary/aromatic N) is 1. The third-order valence-electron chi connectivity index (χ3n) is 5.02. The van der Waals surface area contributed by atoms with E-state index in [9.17, 15) is 18.8 Å². The Balaban J connectivity index is 1.57. The summed E-state index contributed by atoms with van der Waals surface area (Å²) in [5.41, 5.74) is 3.10. The summed E-state index contributed by atoms with van der Waals surface area (Å²) < 4.78 is 13.1. The number of halogens is 1. The van der Waals surface area contributed by atoms with Gasteiger partial charge in [0.1, 0.15) is 11.6 Å². The Hall–Kier alpha value is -3.46. The van der Waals surface area contributed by atoms with Gasteiger partial charge in [0.25, 0.3) is 5.56 Å². The zero-order valence-electron chi connectivity index (χ0n) is 17.5. The fourth-order valence-electron chi connectivity index (χ4n) is 3.65. The minimum Gasteiger partial charge on any atom is -0.326 e. The molecule has 4 rings (SSSR count). The lowest BCUT2D eigenvalue weighted by atomic mass is 9.92. The van der Waals surface area contributed by atoms with E-state index in [2.05, 4.69) is 20.6 Å². The molecule has 0 saturated heterocycles. The van der Waals surface area contributed by atoms with Gasteiger partial charge in [0.15, 0.2) is 5.16 Å². The van der Waals surface area contributed by atoms with Gasteiger partial charge in [-0.2, -0.15) is 0 Å². The molecule has 1 atom stereocenters. The average Bonchev–Trinajstić information content (AvgIpc) is 2.71. The van der Waals surface area contributed by atoms with Crippen molar-refractivity contribution < 1.29 is 14.0 Å². The summed E-state index contributed by atoms with van der Waals surface area (Å²) in [5.74, 6) is -1.56. The van der Waals surface area contributed by atoms with Crippen molar-refractivity contribution in [1.82, 2.24) is 9.97 Å². The maximum absolute atomic E-state index is 13.1. The van der Waals surface area contributed by atoms with Crippen molar-refractivity contribution in [3.8, 4) is 0 Å². The van der Waals surface area contributed by atoms with Crippen molar-refractivity contribution in [3.05, 3.63) is 80.9 Å². The molecule has 1 aliphatic heterocycles. The van der Waals surface area contributed by atoms with Crippen LogP contribution in [0.5, 0.6) is 0 Å². The van der Waals surface area contributed by atoms with Gasteiger partial charge in [-0.05, 0) is 54.8 Å². The van der Waals surface area contributed by atoms with Crippen LogP contribution in [-0.4, -0.2) is 21.8 Å². The van der Waals surface area contributed by atoms with Gasteiger partial charge in [-0.3, -0.25) is 14.4 Å². The zero-order valence-corrected chi connectivity index (χ0v) is 18.3. The van der Waals surface area contributed by atoms with E-state index in [0.29, 0.717) is 16.6 Å². The van der Waals surface area contributed by atoms with E-state index in [-0.39, 0.29) is 29.5 Å². The first-order valence-corrected chi connectivity index (χ1v) is 11.0. The third kappa shape index (κ3) is 4.88. The highest BCUT2D eigenvalue weighted by molar-refractivity contribution is 7.98. The fourth-order valence-corrected chi connectivity index (χ4v) is 4.47. The molecule has 0 bridgehead atoms. The van der Waals surface area contributed by atoms with E-state index in [4.69, 9.17) is 0 Å². The van der Waals surface area contributed by atoms with E-state index in [1.165, 1.54) is 23.9 Å². The summed E-state index contributed by atoms with van der Waals surface area (Å²) in [6.45, 7) is 3.84. The topological polar surface area (TPSA) is 104 Å². The second-order valence-electron chi connectivity index (χ2n) is 7.72. The van der Waals surface area contributed by atoms with Crippen molar-refractivity contribution in [2.45, 2.75) is 37.1 Å². The molecule has 7 nitrogen and oxygen atoms in total. The lowest BCUT2D eigenvalue weighted by molar-refractivity contribution is -0.123. The van der Waals surface area contributed by atoms with Crippen molar-refractivity contribution >= 4 is 35.1 Å². The minimum atomic E-state index is -0.952. The van der Waals surface area contributed by atoms with Crippen LogP contribution in [0.25, 0.3) is 0 Å². The summed E-state index contributed by atoms with van der Waals surface area (Å²) in [4.78, 5) is 45.1. The number of hydrogen-bond acceptors (Lipinski definition) is 5. The number of hydrogen-bond donors (Lipinski definition) is 3. The van der Waals surface area contributed by atoms with E-state index in [1.807, 2.05) is 32.0 Å². The predicted molar refractivity (Wildman–Crippen MR) is 121 cm³/mol. The molecule has 0 fully saturated rings. The van der Waals surface area contributed by atoms with Gasteiger partial charge in [-0.15, -0.1) is 0 Å².